The highest BCUT2D eigenvalue weighted by Crippen LogP contribution is 2.34. The number of nitrogens with one attached hydrogen (secondary N) is 3. The first-order chi connectivity index (χ1) is 18.4. The smallest absolute Gasteiger partial charge is 0.407 e. The van der Waals surface area contributed by atoms with E-state index in [1.54, 1.807) is 9.80 Å². The molecular formula is C28H43N5O5. The van der Waals surface area contributed by atoms with Crippen molar-refractivity contribution in [3.8, 4) is 0 Å². The number of carbonyl (C=O) groups is 4. The Morgan fingerprint density at radius 1 is 1.00 bits per heavy atom. The fourth-order valence-corrected chi connectivity index (χ4v) is 5.12. The molecule has 0 aliphatic carbocycles. The third-order valence-corrected chi connectivity index (χ3v) is 7.34. The minimum atomic E-state index is -0.895. The predicted molar refractivity (Wildman–Crippen MR) is 144 cm³/mol. The Morgan fingerprint density at radius 2 is 1.71 bits per heavy atom. The van der Waals surface area contributed by atoms with Crippen LogP contribution in [0.2, 0.25) is 0 Å². The molecule has 0 aromatic heterocycles. The molecule has 0 saturated carbocycles. The van der Waals surface area contributed by atoms with Crippen LogP contribution in [0, 0.1) is 0 Å². The Hall–Kier alpha value is -3.30. The molecule has 2 saturated heterocycles. The third-order valence-electron chi connectivity index (χ3n) is 7.34. The van der Waals surface area contributed by atoms with Crippen molar-refractivity contribution in [1.82, 2.24) is 25.8 Å². The monoisotopic (exact) mass is 529 g/mol. The van der Waals surface area contributed by atoms with Crippen molar-refractivity contribution < 1.29 is 23.9 Å². The normalized spacial score (nSPS) is 18.7. The zero-order chi connectivity index (χ0) is 27.4. The van der Waals surface area contributed by atoms with Crippen LogP contribution in [-0.4, -0.2) is 78.0 Å². The summed E-state index contributed by atoms with van der Waals surface area (Å²) in [6, 6.07) is 8.80. The second-order valence-electron chi connectivity index (χ2n) is 10.1. The maximum Gasteiger partial charge on any atom is 0.407 e. The Kier molecular flexibility index (Phi) is 11.2. The van der Waals surface area contributed by atoms with E-state index in [4.69, 9.17) is 4.74 Å². The summed E-state index contributed by atoms with van der Waals surface area (Å²) in [5.74, 6) is -0.174. The standard InChI is InChI=1S/C28H43N5O5/c1-3-5-16-29-26(36)32-19-14-28(15-20-32)25(35)31-23(24(34)33(28)18-4-2)13-9-10-17-30-27(37)38-21-22-11-7-6-8-12-22/h6-8,11-12,23H,3-5,9-10,13-21H2,1-2H3,(H,29,36)(H,30,37)(H,31,35)/t23-/m0/s1. The summed E-state index contributed by atoms with van der Waals surface area (Å²) in [5, 5.41) is 8.65. The maximum atomic E-state index is 13.4. The lowest BCUT2D eigenvalue weighted by molar-refractivity contribution is -0.161. The number of carbonyl (C=O) groups excluding carboxylic acids is 4. The second kappa shape index (κ2) is 14.6. The van der Waals surface area contributed by atoms with Gasteiger partial charge in [-0.3, -0.25) is 9.59 Å². The van der Waals surface area contributed by atoms with Gasteiger partial charge >= 0.3 is 12.1 Å². The molecule has 1 spiro atoms. The van der Waals surface area contributed by atoms with Gasteiger partial charge in [-0.15, -0.1) is 0 Å². The highest BCUT2D eigenvalue weighted by molar-refractivity contribution is 6.00. The molecule has 5 amide bonds. The van der Waals surface area contributed by atoms with Crippen LogP contribution in [0.25, 0.3) is 0 Å². The van der Waals surface area contributed by atoms with Crippen molar-refractivity contribution in [2.24, 2.45) is 0 Å². The number of rotatable bonds is 12. The van der Waals surface area contributed by atoms with Crippen LogP contribution >= 0.6 is 0 Å². The zero-order valence-electron chi connectivity index (χ0n) is 22.8. The average molecular weight is 530 g/mol. The number of ether oxygens (including phenoxy) is 1. The van der Waals surface area contributed by atoms with Crippen LogP contribution < -0.4 is 16.0 Å². The third kappa shape index (κ3) is 7.61. The molecule has 210 valence electrons. The van der Waals surface area contributed by atoms with E-state index >= 15 is 0 Å². The van der Waals surface area contributed by atoms with Gasteiger partial charge in [0.05, 0.1) is 0 Å². The number of likely N-dealkylation sites (tertiary alicyclic amines) is 1. The van der Waals surface area contributed by atoms with Gasteiger partial charge in [0.15, 0.2) is 0 Å². The number of benzene rings is 1. The number of urea groups is 1. The molecule has 2 fully saturated rings. The van der Waals surface area contributed by atoms with Crippen molar-refractivity contribution in [2.75, 3.05) is 32.7 Å². The minimum absolute atomic E-state index is 0.0532. The van der Waals surface area contributed by atoms with Gasteiger partial charge in [0.2, 0.25) is 11.8 Å². The summed E-state index contributed by atoms with van der Waals surface area (Å²) >= 11 is 0. The van der Waals surface area contributed by atoms with E-state index in [0.717, 1.165) is 24.8 Å². The topological polar surface area (TPSA) is 120 Å². The molecule has 1 atom stereocenters. The lowest BCUT2D eigenvalue weighted by Gasteiger charge is -2.51. The Labute approximate surface area is 225 Å². The summed E-state index contributed by atoms with van der Waals surface area (Å²) in [6.45, 7) is 6.76. The Balaban J connectivity index is 1.44. The second-order valence-corrected chi connectivity index (χ2v) is 10.1. The number of hydrogen-bond donors (Lipinski definition) is 3. The van der Waals surface area contributed by atoms with Gasteiger partial charge < -0.3 is 30.5 Å². The summed E-state index contributed by atoms with van der Waals surface area (Å²) in [4.78, 5) is 54.7. The molecule has 1 aromatic rings. The van der Waals surface area contributed by atoms with Crippen molar-refractivity contribution in [3.05, 3.63) is 35.9 Å². The van der Waals surface area contributed by atoms with E-state index in [9.17, 15) is 19.2 Å². The number of unbranched alkanes of at least 4 members (excludes halogenated alkanes) is 2. The van der Waals surface area contributed by atoms with Crippen molar-refractivity contribution >= 4 is 23.9 Å². The van der Waals surface area contributed by atoms with E-state index in [2.05, 4.69) is 22.9 Å². The molecule has 3 rings (SSSR count). The Morgan fingerprint density at radius 3 is 2.39 bits per heavy atom. The van der Waals surface area contributed by atoms with Gasteiger partial charge in [-0.25, -0.2) is 9.59 Å². The molecule has 0 radical (unpaired) electrons. The average Bonchev–Trinajstić information content (AvgIpc) is 2.93. The fraction of sp³-hybridized carbons (Fsp3) is 0.643. The number of piperidine rings is 1. The summed E-state index contributed by atoms with van der Waals surface area (Å²) in [5.41, 5.74) is 0.0259. The molecule has 2 aliphatic heterocycles. The van der Waals surface area contributed by atoms with Gasteiger partial charge in [0, 0.05) is 32.7 Å². The lowest BCUT2D eigenvalue weighted by Crippen LogP contribution is -2.73. The molecule has 2 heterocycles. The van der Waals surface area contributed by atoms with Crippen molar-refractivity contribution in [3.63, 3.8) is 0 Å². The maximum absolute atomic E-state index is 13.4. The lowest BCUT2D eigenvalue weighted by atomic mass is 9.81. The van der Waals surface area contributed by atoms with Gasteiger partial charge in [0.1, 0.15) is 18.2 Å². The first-order valence-corrected chi connectivity index (χ1v) is 14.0. The number of nitrogens with zero attached hydrogens (tertiary/aromatic N) is 2. The van der Waals surface area contributed by atoms with Crippen LogP contribution in [0.4, 0.5) is 9.59 Å². The molecule has 1 aromatic carbocycles. The van der Waals surface area contributed by atoms with Crippen LogP contribution in [0.5, 0.6) is 0 Å². The molecule has 3 N–H and O–H groups in total. The molecule has 10 nitrogen and oxygen atoms in total. The van der Waals surface area contributed by atoms with E-state index < -0.39 is 17.7 Å². The van der Waals surface area contributed by atoms with Crippen LogP contribution in [0.3, 0.4) is 0 Å². The zero-order valence-corrected chi connectivity index (χ0v) is 22.8. The van der Waals surface area contributed by atoms with Gasteiger partial charge in [-0.05, 0) is 50.5 Å². The predicted octanol–water partition coefficient (Wildman–Crippen LogP) is 3.16. The van der Waals surface area contributed by atoms with E-state index in [1.807, 2.05) is 37.3 Å². The van der Waals surface area contributed by atoms with E-state index in [-0.39, 0.29) is 24.5 Å². The summed E-state index contributed by atoms with van der Waals surface area (Å²) in [7, 11) is 0. The Bertz CT molecular complexity index is 933. The number of piperazine rings is 1. The molecule has 0 bridgehead atoms. The molecule has 0 unspecified atom stereocenters. The minimum Gasteiger partial charge on any atom is -0.445 e. The van der Waals surface area contributed by atoms with E-state index in [0.29, 0.717) is 64.8 Å². The quantitative estimate of drug-likeness (QED) is 0.359. The van der Waals surface area contributed by atoms with Crippen LogP contribution in [-0.2, 0) is 20.9 Å². The van der Waals surface area contributed by atoms with Gasteiger partial charge in [0.25, 0.3) is 0 Å². The highest BCUT2D eigenvalue weighted by atomic mass is 16.5. The van der Waals surface area contributed by atoms with Crippen LogP contribution in [0.15, 0.2) is 30.3 Å². The van der Waals surface area contributed by atoms with E-state index in [1.165, 1.54) is 0 Å². The highest BCUT2D eigenvalue weighted by Gasteiger charge is 2.53. The number of alkyl carbamates (subject to hydrolysis) is 1. The largest absolute Gasteiger partial charge is 0.445 e. The summed E-state index contributed by atoms with van der Waals surface area (Å²) in [6.07, 6.45) is 4.95. The fourth-order valence-electron chi connectivity index (χ4n) is 5.12. The number of amides is 5. The SMILES string of the molecule is CCCCNC(=O)N1CCC2(CC1)C(=O)N[C@@H](CCCCNC(=O)OCc1ccccc1)C(=O)N2CCC. The molecule has 38 heavy (non-hydrogen) atoms. The van der Waals surface area contributed by atoms with Gasteiger partial charge in [-0.2, -0.15) is 0 Å². The molecule has 10 heteroatoms. The van der Waals surface area contributed by atoms with Gasteiger partial charge in [-0.1, -0.05) is 50.6 Å². The van der Waals surface area contributed by atoms with Crippen LogP contribution in [0.1, 0.15) is 70.8 Å². The first-order valence-electron chi connectivity index (χ1n) is 14.0. The van der Waals surface area contributed by atoms with Crippen molar-refractivity contribution in [2.45, 2.75) is 83.4 Å². The van der Waals surface area contributed by atoms with Crippen molar-refractivity contribution in [1.29, 1.82) is 0 Å². The number of hydrogen-bond acceptors (Lipinski definition) is 5. The molecule has 2 aliphatic rings. The first kappa shape index (κ1) is 29.3. The molecular weight excluding hydrogens is 486 g/mol. The summed E-state index contributed by atoms with van der Waals surface area (Å²) < 4.78 is 5.21.